The highest BCUT2D eigenvalue weighted by Gasteiger charge is 2.11. The summed E-state index contributed by atoms with van der Waals surface area (Å²) in [6.07, 6.45) is -0.0413. The lowest BCUT2D eigenvalue weighted by Crippen LogP contribution is -2.06. The molecule has 0 aromatic heterocycles. The van der Waals surface area contributed by atoms with Gasteiger partial charge >= 0.3 is 0 Å². The summed E-state index contributed by atoms with van der Waals surface area (Å²) in [5.74, 6) is -3.51. The normalized spacial score (nSPS) is 10.8. The molecule has 0 atom stereocenters. The van der Waals surface area contributed by atoms with Crippen LogP contribution in [-0.2, 0) is 0 Å². The lowest BCUT2D eigenvalue weighted by Gasteiger charge is -2.13. The Hall–Kier alpha value is -2.37. The maximum atomic E-state index is 13.2. The zero-order chi connectivity index (χ0) is 15.6. The fraction of sp³-hybridized carbons (Fsp3) is 0.200. The Balaban J connectivity index is 2.29. The monoisotopic (exact) mass is 296 g/mol. The molecule has 3 N–H and O–H groups in total. The van der Waals surface area contributed by atoms with E-state index in [4.69, 9.17) is 10.5 Å². The van der Waals surface area contributed by atoms with Crippen molar-refractivity contribution in [3.63, 3.8) is 0 Å². The maximum absolute atomic E-state index is 13.2. The summed E-state index contributed by atoms with van der Waals surface area (Å²) in [4.78, 5) is 0. The average Bonchev–Trinajstić information content (AvgIpc) is 2.34. The van der Waals surface area contributed by atoms with Crippen molar-refractivity contribution in [1.82, 2.24) is 0 Å². The van der Waals surface area contributed by atoms with Crippen molar-refractivity contribution in [3.8, 4) is 5.75 Å². The Morgan fingerprint density at radius 2 is 1.52 bits per heavy atom. The fourth-order valence-corrected chi connectivity index (χ4v) is 1.83. The van der Waals surface area contributed by atoms with Gasteiger partial charge in [0, 0.05) is 41.3 Å². The topological polar surface area (TPSA) is 47.3 Å². The first-order valence-corrected chi connectivity index (χ1v) is 6.34. The number of hydrogen-bond acceptors (Lipinski definition) is 3. The van der Waals surface area contributed by atoms with Crippen molar-refractivity contribution in [2.24, 2.45) is 0 Å². The van der Waals surface area contributed by atoms with Gasteiger partial charge in [-0.05, 0) is 19.9 Å². The predicted octanol–water partition coefficient (Wildman–Crippen LogP) is 4.22. The minimum atomic E-state index is -1.50. The molecular weight excluding hydrogens is 281 g/mol. The molecule has 0 heterocycles. The summed E-state index contributed by atoms with van der Waals surface area (Å²) in [7, 11) is 0. The maximum Gasteiger partial charge on any atom is 0.194 e. The molecule has 2 aromatic rings. The molecule has 0 aliphatic rings. The third kappa shape index (κ3) is 3.81. The minimum absolute atomic E-state index is 0.0413. The van der Waals surface area contributed by atoms with Gasteiger partial charge in [-0.1, -0.05) is 0 Å². The van der Waals surface area contributed by atoms with Crippen LogP contribution in [0.25, 0.3) is 0 Å². The standard InChI is InChI=1S/C15H15F3N2O/c1-8(2)21-12-4-9(19)3-10(5-12)20-11-6-13(16)15(18)14(17)7-11/h3-8,20H,19H2,1-2H3. The molecule has 3 nitrogen and oxygen atoms in total. The molecule has 0 unspecified atom stereocenters. The van der Waals surface area contributed by atoms with E-state index in [1.165, 1.54) is 0 Å². The van der Waals surface area contributed by atoms with Crippen LogP contribution in [0.4, 0.5) is 30.2 Å². The van der Waals surface area contributed by atoms with Crippen molar-refractivity contribution in [2.45, 2.75) is 20.0 Å². The van der Waals surface area contributed by atoms with E-state index in [2.05, 4.69) is 5.32 Å². The quantitative estimate of drug-likeness (QED) is 0.656. The molecule has 0 spiro atoms. The third-order valence-electron chi connectivity index (χ3n) is 2.57. The largest absolute Gasteiger partial charge is 0.491 e. The van der Waals surface area contributed by atoms with Gasteiger partial charge in [0.1, 0.15) is 5.75 Å². The molecule has 0 saturated carbocycles. The van der Waals surface area contributed by atoms with E-state index in [1.807, 2.05) is 13.8 Å². The lowest BCUT2D eigenvalue weighted by molar-refractivity contribution is 0.242. The summed E-state index contributed by atoms with van der Waals surface area (Å²) in [5, 5.41) is 2.76. The van der Waals surface area contributed by atoms with Gasteiger partial charge in [-0.2, -0.15) is 0 Å². The van der Waals surface area contributed by atoms with Crippen LogP contribution in [0, 0.1) is 17.5 Å². The fourth-order valence-electron chi connectivity index (χ4n) is 1.83. The molecule has 112 valence electrons. The van der Waals surface area contributed by atoms with Crippen LogP contribution in [0.15, 0.2) is 30.3 Å². The summed E-state index contributed by atoms with van der Waals surface area (Å²) in [6, 6.07) is 6.58. The van der Waals surface area contributed by atoms with E-state index in [9.17, 15) is 13.2 Å². The Labute approximate surface area is 120 Å². The van der Waals surface area contributed by atoms with Crippen LogP contribution in [0.3, 0.4) is 0 Å². The average molecular weight is 296 g/mol. The van der Waals surface area contributed by atoms with Crippen LogP contribution >= 0.6 is 0 Å². The van der Waals surface area contributed by atoms with Crippen molar-refractivity contribution in [1.29, 1.82) is 0 Å². The van der Waals surface area contributed by atoms with Crippen LogP contribution in [-0.4, -0.2) is 6.10 Å². The third-order valence-corrected chi connectivity index (χ3v) is 2.57. The summed E-state index contributed by atoms with van der Waals surface area (Å²) in [5.41, 5.74) is 6.73. The first-order valence-electron chi connectivity index (χ1n) is 6.34. The molecule has 0 aliphatic heterocycles. The van der Waals surface area contributed by atoms with Gasteiger partial charge in [-0.15, -0.1) is 0 Å². The molecule has 0 radical (unpaired) electrons. The zero-order valence-corrected chi connectivity index (χ0v) is 11.6. The second-order valence-electron chi connectivity index (χ2n) is 4.84. The second-order valence-corrected chi connectivity index (χ2v) is 4.84. The number of benzene rings is 2. The molecule has 0 saturated heterocycles. The van der Waals surface area contributed by atoms with Crippen LogP contribution < -0.4 is 15.8 Å². The molecule has 0 fully saturated rings. The van der Waals surface area contributed by atoms with Gasteiger partial charge < -0.3 is 15.8 Å². The van der Waals surface area contributed by atoms with E-state index in [0.29, 0.717) is 17.1 Å². The molecule has 0 bridgehead atoms. The highest BCUT2D eigenvalue weighted by molar-refractivity contribution is 5.66. The number of anilines is 3. The number of rotatable bonds is 4. The van der Waals surface area contributed by atoms with Crippen LogP contribution in [0.2, 0.25) is 0 Å². The first kappa shape index (κ1) is 15.0. The molecule has 2 rings (SSSR count). The lowest BCUT2D eigenvalue weighted by atomic mass is 10.2. The number of nitrogen functional groups attached to an aromatic ring is 1. The Kier molecular flexibility index (Phi) is 4.26. The smallest absolute Gasteiger partial charge is 0.194 e. The van der Waals surface area contributed by atoms with Crippen molar-refractivity contribution >= 4 is 17.1 Å². The molecule has 6 heteroatoms. The summed E-state index contributed by atoms with van der Waals surface area (Å²) < 4.78 is 44.8. The molecule has 0 aliphatic carbocycles. The van der Waals surface area contributed by atoms with E-state index in [1.54, 1.807) is 18.2 Å². The van der Waals surface area contributed by atoms with E-state index < -0.39 is 17.5 Å². The number of nitrogens with two attached hydrogens (primary N) is 1. The highest BCUT2D eigenvalue weighted by Crippen LogP contribution is 2.27. The summed E-state index contributed by atoms with van der Waals surface area (Å²) >= 11 is 0. The highest BCUT2D eigenvalue weighted by atomic mass is 19.2. The second kappa shape index (κ2) is 5.95. The first-order chi connectivity index (χ1) is 9.85. The molecule has 0 amide bonds. The van der Waals surface area contributed by atoms with Gasteiger partial charge in [0.25, 0.3) is 0 Å². The van der Waals surface area contributed by atoms with Crippen molar-refractivity contribution in [2.75, 3.05) is 11.1 Å². The SMILES string of the molecule is CC(C)Oc1cc(N)cc(Nc2cc(F)c(F)c(F)c2)c1. The molecular formula is C15H15F3N2O. The predicted molar refractivity (Wildman–Crippen MR) is 76.2 cm³/mol. The molecule has 2 aromatic carbocycles. The van der Waals surface area contributed by atoms with Crippen LogP contribution in [0.5, 0.6) is 5.75 Å². The van der Waals surface area contributed by atoms with Crippen molar-refractivity contribution < 1.29 is 17.9 Å². The van der Waals surface area contributed by atoms with Gasteiger partial charge in [0.05, 0.1) is 6.10 Å². The van der Waals surface area contributed by atoms with Gasteiger partial charge in [0.2, 0.25) is 0 Å². The van der Waals surface area contributed by atoms with E-state index in [0.717, 1.165) is 12.1 Å². The van der Waals surface area contributed by atoms with Gasteiger partial charge in [-0.3, -0.25) is 0 Å². The Bertz CT molecular complexity index is 636. The number of ether oxygens (including phenoxy) is 1. The Morgan fingerprint density at radius 1 is 0.952 bits per heavy atom. The van der Waals surface area contributed by atoms with Gasteiger partial charge in [-0.25, -0.2) is 13.2 Å². The number of nitrogens with one attached hydrogen (secondary N) is 1. The van der Waals surface area contributed by atoms with Crippen LogP contribution in [0.1, 0.15) is 13.8 Å². The minimum Gasteiger partial charge on any atom is -0.491 e. The van der Waals surface area contributed by atoms with E-state index >= 15 is 0 Å². The Morgan fingerprint density at radius 3 is 2.10 bits per heavy atom. The number of halogens is 3. The van der Waals surface area contributed by atoms with Gasteiger partial charge in [0.15, 0.2) is 17.5 Å². The zero-order valence-electron chi connectivity index (χ0n) is 11.6. The molecule has 21 heavy (non-hydrogen) atoms. The van der Waals surface area contributed by atoms with E-state index in [-0.39, 0.29) is 11.8 Å². The number of hydrogen-bond donors (Lipinski definition) is 2. The van der Waals surface area contributed by atoms with Crippen molar-refractivity contribution in [3.05, 3.63) is 47.8 Å². The summed E-state index contributed by atoms with van der Waals surface area (Å²) in [6.45, 7) is 3.72.